The molecule has 3 aromatic carbocycles. The number of aromatic carboxylic acids is 1. The second-order valence-electron chi connectivity index (χ2n) is 14.1. The minimum absolute atomic E-state index is 0.0889. The van der Waals surface area contributed by atoms with E-state index in [-0.39, 0.29) is 23.1 Å². The quantitative estimate of drug-likeness (QED) is 0.233. The zero-order chi connectivity index (χ0) is 31.7. The fourth-order valence-electron chi connectivity index (χ4n) is 8.37. The van der Waals surface area contributed by atoms with E-state index in [1.54, 1.807) is 23.4 Å². The summed E-state index contributed by atoms with van der Waals surface area (Å²) in [5.74, 6) is 0.148. The van der Waals surface area contributed by atoms with Crippen LogP contribution in [0.2, 0.25) is 13.1 Å². The second-order valence-corrected chi connectivity index (χ2v) is 18.5. The molecule has 3 aliphatic rings. The minimum atomic E-state index is -2.16. The average Bonchev–Trinajstić information content (AvgIpc) is 2.97. The van der Waals surface area contributed by atoms with E-state index < -0.39 is 14.0 Å². The Morgan fingerprint density at radius 3 is 2.32 bits per heavy atom. The molecule has 0 saturated heterocycles. The largest absolute Gasteiger partial charge is 0.508 e. The van der Waals surface area contributed by atoms with Crippen LogP contribution < -0.4 is 10.1 Å². The highest BCUT2D eigenvalue weighted by atomic mass is 28.3. The van der Waals surface area contributed by atoms with Crippen LogP contribution in [0.5, 0.6) is 5.75 Å². The maximum absolute atomic E-state index is 11.9. The van der Waals surface area contributed by atoms with Crippen LogP contribution in [0.3, 0.4) is 0 Å². The fraction of sp³-hybridized carbons (Fsp3) is 0.368. The number of aryl methyl sites for hydroxylation is 1. The lowest BCUT2D eigenvalue weighted by atomic mass is 9.71. The fourth-order valence-corrected chi connectivity index (χ4v) is 11.7. The molecule has 1 aliphatic carbocycles. The highest BCUT2D eigenvalue weighted by Gasteiger charge is 2.50. The maximum atomic E-state index is 11.9. The number of carbonyl (C=O) groups is 1. The molecule has 0 saturated carbocycles. The Labute approximate surface area is 262 Å². The van der Waals surface area contributed by atoms with E-state index in [1.807, 2.05) is 18.2 Å². The lowest BCUT2D eigenvalue weighted by Gasteiger charge is -2.47. The van der Waals surface area contributed by atoms with Gasteiger partial charge in [-0.3, -0.25) is 0 Å². The number of nitrogens with zero attached hydrogens (tertiary/aromatic N) is 2. The molecule has 3 atom stereocenters. The molecule has 0 bridgehead atoms. The Balaban J connectivity index is 1.60. The minimum Gasteiger partial charge on any atom is -0.508 e. The Hall–Kier alpha value is -3.90. The summed E-state index contributed by atoms with van der Waals surface area (Å²) in [6.07, 6.45) is 6.28. The average molecular weight is 606 g/mol. The van der Waals surface area contributed by atoms with Gasteiger partial charge in [0.2, 0.25) is 5.71 Å². The Morgan fingerprint density at radius 2 is 1.68 bits per heavy atom. The van der Waals surface area contributed by atoms with Crippen molar-refractivity contribution in [3.8, 4) is 5.75 Å². The maximum Gasteiger partial charge on any atom is 0.335 e. The van der Waals surface area contributed by atoms with Gasteiger partial charge in [0.15, 0.2) is 5.54 Å². The van der Waals surface area contributed by atoms with Crippen LogP contribution >= 0.6 is 0 Å². The van der Waals surface area contributed by atoms with Crippen LogP contribution in [-0.2, 0) is 0 Å². The topological polar surface area (TPSA) is 63.8 Å². The van der Waals surface area contributed by atoms with Crippen molar-refractivity contribution in [1.29, 1.82) is 0 Å². The third-order valence-corrected chi connectivity index (χ3v) is 14.3. The Morgan fingerprint density at radius 1 is 1.02 bits per heavy atom. The first kappa shape index (κ1) is 30.1. The van der Waals surface area contributed by atoms with Gasteiger partial charge in [-0.05, 0) is 104 Å². The van der Waals surface area contributed by atoms with Crippen molar-refractivity contribution < 1.29 is 19.6 Å². The number of benzene rings is 3. The summed E-state index contributed by atoms with van der Waals surface area (Å²) in [5.41, 5.74) is 8.99. The van der Waals surface area contributed by atoms with Crippen LogP contribution in [0.25, 0.3) is 0 Å². The molecule has 3 unspecified atom stereocenters. The van der Waals surface area contributed by atoms with Gasteiger partial charge >= 0.3 is 5.97 Å². The van der Waals surface area contributed by atoms with Crippen LogP contribution in [-0.4, -0.2) is 53.7 Å². The van der Waals surface area contributed by atoms with E-state index in [4.69, 9.17) is 0 Å². The number of aromatic hydroxyl groups is 1. The first-order chi connectivity index (χ1) is 20.7. The number of carboxylic acid groups (broad SMARTS) is 1. The normalized spacial score (nSPS) is 23.1. The highest BCUT2D eigenvalue weighted by Crippen LogP contribution is 2.50. The number of allylic oxidation sites excluding steroid dienone is 4. The number of carboxylic acids is 1. The van der Waals surface area contributed by atoms with Crippen LogP contribution in [0, 0.1) is 18.8 Å². The molecule has 2 heterocycles. The van der Waals surface area contributed by atoms with Gasteiger partial charge in [0.05, 0.1) is 5.56 Å². The van der Waals surface area contributed by atoms with Crippen molar-refractivity contribution in [1.82, 2.24) is 0 Å². The zero-order valence-corrected chi connectivity index (χ0v) is 28.3. The van der Waals surface area contributed by atoms with Gasteiger partial charge in [0.25, 0.3) is 0 Å². The van der Waals surface area contributed by atoms with E-state index in [1.165, 1.54) is 27.6 Å². The van der Waals surface area contributed by atoms with Crippen LogP contribution in [0.15, 0.2) is 83.6 Å². The second kappa shape index (κ2) is 10.6. The molecule has 5 nitrogen and oxygen atoms in total. The number of rotatable bonds is 5. The summed E-state index contributed by atoms with van der Waals surface area (Å²) in [4.78, 5) is 14.0. The molecule has 0 spiro atoms. The van der Waals surface area contributed by atoms with Crippen LogP contribution in [0.4, 0.5) is 11.4 Å². The molecule has 6 heteroatoms. The number of hydrogen-bond donors (Lipinski definition) is 2. The third-order valence-electron chi connectivity index (χ3n) is 10.6. The van der Waals surface area contributed by atoms with Crippen molar-refractivity contribution in [3.05, 3.63) is 106 Å². The van der Waals surface area contributed by atoms with E-state index >= 15 is 0 Å². The molecule has 0 aromatic heterocycles. The van der Waals surface area contributed by atoms with Gasteiger partial charge < -0.3 is 15.1 Å². The molecule has 0 fully saturated rings. The lowest BCUT2D eigenvalue weighted by Crippen LogP contribution is -2.55. The molecular formula is C38H45N2O3Si+. The number of anilines is 2. The Kier molecular flexibility index (Phi) is 7.27. The first-order valence-corrected chi connectivity index (χ1v) is 18.8. The van der Waals surface area contributed by atoms with E-state index in [0.29, 0.717) is 11.5 Å². The van der Waals surface area contributed by atoms with Crippen molar-refractivity contribution in [2.24, 2.45) is 11.8 Å². The Bertz CT molecular complexity index is 1760. The standard InChI is InChI=1S/C38H44N2O3Si/c1-9-40-33-21-35-32(20-31(33)24(3)22-38(40,4)5)36(29-16-10-25(37(42)43)18-23(29)2)30-17-13-27(19-34(30)44(35,7)8)39(6)26-11-14-28(41)15-12-26/h10-21,24,32,36H,9,22H2,1-8H3,(H-,41,42,43)/p+1. The van der Waals surface area contributed by atoms with Crippen molar-refractivity contribution in [2.75, 3.05) is 18.5 Å². The zero-order valence-electron chi connectivity index (χ0n) is 27.3. The summed E-state index contributed by atoms with van der Waals surface area (Å²) in [6, 6.07) is 20.0. The van der Waals surface area contributed by atoms with Gasteiger partial charge in [-0.2, -0.15) is 0 Å². The molecule has 0 radical (unpaired) electrons. The molecule has 6 rings (SSSR count). The number of phenolic OH excluding ortho intramolecular Hbond substituents is 1. The molecule has 0 amide bonds. The SMILES string of the molecule is CC[N+]1=C2C=C3C(C=C2C(C)CC1(C)C)C(c1ccc(C(=O)O)cc1C)c1ccc(N(C)c2ccc(O)cc2)cc1[Si]3(C)C. The molecule has 2 aliphatic heterocycles. The molecule has 228 valence electrons. The van der Waals surface area contributed by atoms with Crippen molar-refractivity contribution in [2.45, 2.75) is 65.6 Å². The summed E-state index contributed by atoms with van der Waals surface area (Å²) >= 11 is 0. The highest BCUT2D eigenvalue weighted by molar-refractivity contribution is 6.96. The molecule has 44 heavy (non-hydrogen) atoms. The molecule has 3 aromatic rings. The number of phenols is 1. The van der Waals surface area contributed by atoms with E-state index in [9.17, 15) is 15.0 Å². The van der Waals surface area contributed by atoms with E-state index in [0.717, 1.165) is 29.9 Å². The predicted octanol–water partition coefficient (Wildman–Crippen LogP) is 7.54. The van der Waals surface area contributed by atoms with Gasteiger partial charge in [-0.1, -0.05) is 43.4 Å². The third kappa shape index (κ3) is 4.75. The summed E-state index contributed by atoms with van der Waals surface area (Å²) in [5, 5.41) is 22.6. The monoisotopic (exact) mass is 605 g/mol. The summed E-state index contributed by atoms with van der Waals surface area (Å²) in [7, 11) is -0.0809. The lowest BCUT2D eigenvalue weighted by molar-refractivity contribution is -0.602. The van der Waals surface area contributed by atoms with Gasteiger partial charge in [-0.15, -0.1) is 0 Å². The van der Waals surface area contributed by atoms with E-state index in [2.05, 4.69) is 101 Å². The summed E-state index contributed by atoms with van der Waals surface area (Å²) in [6.45, 7) is 17.4. The van der Waals surface area contributed by atoms with Gasteiger partial charge in [0, 0.05) is 48.3 Å². The van der Waals surface area contributed by atoms with Crippen molar-refractivity contribution in [3.63, 3.8) is 0 Å². The molecule has 2 N–H and O–H groups in total. The first-order valence-electron chi connectivity index (χ1n) is 15.8. The van der Waals surface area contributed by atoms with Gasteiger partial charge in [0.1, 0.15) is 20.4 Å². The van der Waals surface area contributed by atoms with Crippen molar-refractivity contribution >= 4 is 36.3 Å². The van der Waals surface area contributed by atoms with Crippen LogP contribution in [0.1, 0.15) is 67.1 Å². The predicted molar refractivity (Wildman–Crippen MR) is 183 cm³/mol. The molecular weight excluding hydrogens is 561 g/mol. The van der Waals surface area contributed by atoms with Gasteiger partial charge in [-0.25, -0.2) is 9.37 Å². The summed E-state index contributed by atoms with van der Waals surface area (Å²) < 4.78 is 2.61. The smallest absolute Gasteiger partial charge is 0.335 e. The number of fused-ring (bicyclic) bond motifs is 3. The number of hydrogen-bond acceptors (Lipinski definition) is 3.